The molecule has 0 spiro atoms. The van der Waals surface area contributed by atoms with Crippen LogP contribution in [0.1, 0.15) is 32.8 Å². The fraction of sp³-hybridized carbons (Fsp3) is 0.462. The Morgan fingerprint density at radius 1 is 1.00 bits per heavy atom. The average molecular weight is 520 g/mol. The van der Waals surface area contributed by atoms with E-state index in [4.69, 9.17) is 9.47 Å². The van der Waals surface area contributed by atoms with Crippen molar-refractivity contribution >= 4 is 27.5 Å². The minimum Gasteiger partial charge on any atom is -0.497 e. The summed E-state index contributed by atoms with van der Waals surface area (Å²) < 4.78 is 36.9. The first kappa shape index (κ1) is 29.0. The van der Waals surface area contributed by atoms with Crippen molar-refractivity contribution in [2.75, 3.05) is 37.9 Å². The largest absolute Gasteiger partial charge is 0.497 e. The van der Waals surface area contributed by atoms with Crippen LogP contribution < -0.4 is 19.1 Å². The first-order chi connectivity index (χ1) is 17.0. The van der Waals surface area contributed by atoms with E-state index in [-0.39, 0.29) is 18.4 Å². The number of carbonyl (C=O) groups excluding carboxylic acids is 2. The lowest BCUT2D eigenvalue weighted by Crippen LogP contribution is -2.52. The predicted molar refractivity (Wildman–Crippen MR) is 141 cm³/mol. The molecule has 198 valence electrons. The summed E-state index contributed by atoms with van der Waals surface area (Å²) >= 11 is 0. The minimum atomic E-state index is -3.82. The first-order valence-electron chi connectivity index (χ1n) is 11.8. The topological polar surface area (TPSA) is 105 Å². The van der Waals surface area contributed by atoms with E-state index in [1.165, 1.54) is 12.0 Å². The van der Waals surface area contributed by atoms with E-state index >= 15 is 0 Å². The molecule has 9 nitrogen and oxygen atoms in total. The van der Waals surface area contributed by atoms with Gasteiger partial charge in [0.25, 0.3) is 0 Å². The van der Waals surface area contributed by atoms with Gasteiger partial charge in [0.05, 0.1) is 26.2 Å². The summed E-state index contributed by atoms with van der Waals surface area (Å²) in [7, 11) is -0.791. The van der Waals surface area contributed by atoms with Crippen LogP contribution in [0.25, 0.3) is 0 Å². The molecule has 0 aliphatic heterocycles. The molecule has 1 atom stereocenters. The van der Waals surface area contributed by atoms with Crippen molar-refractivity contribution in [2.45, 2.75) is 39.8 Å². The third-order valence-electron chi connectivity index (χ3n) is 5.58. The van der Waals surface area contributed by atoms with Gasteiger partial charge < -0.3 is 19.7 Å². The summed E-state index contributed by atoms with van der Waals surface area (Å²) in [5.41, 5.74) is 1.05. The number of carbonyl (C=O) groups is 2. The van der Waals surface area contributed by atoms with Gasteiger partial charge in [0.1, 0.15) is 24.1 Å². The molecule has 0 aliphatic carbocycles. The van der Waals surface area contributed by atoms with Gasteiger partial charge in [-0.25, -0.2) is 8.42 Å². The zero-order valence-corrected chi connectivity index (χ0v) is 22.7. The van der Waals surface area contributed by atoms with Crippen LogP contribution in [-0.2, 0) is 26.2 Å². The molecule has 0 aromatic heterocycles. The van der Waals surface area contributed by atoms with Crippen molar-refractivity contribution in [3.63, 3.8) is 0 Å². The van der Waals surface area contributed by atoms with Crippen molar-refractivity contribution < 1.29 is 27.5 Å². The molecule has 2 rings (SSSR count). The van der Waals surface area contributed by atoms with Crippen LogP contribution in [0, 0.1) is 5.92 Å². The van der Waals surface area contributed by atoms with Crippen molar-refractivity contribution in [2.24, 2.45) is 5.92 Å². The number of rotatable bonds is 13. The monoisotopic (exact) mass is 519 g/mol. The number of hydrogen-bond acceptors (Lipinski definition) is 6. The zero-order valence-electron chi connectivity index (χ0n) is 21.9. The maximum Gasteiger partial charge on any atom is 0.244 e. The Morgan fingerprint density at radius 3 is 2.17 bits per heavy atom. The van der Waals surface area contributed by atoms with E-state index in [1.54, 1.807) is 49.6 Å². The van der Waals surface area contributed by atoms with Gasteiger partial charge >= 0.3 is 0 Å². The summed E-state index contributed by atoms with van der Waals surface area (Å²) in [6, 6.07) is 12.9. The zero-order chi connectivity index (χ0) is 26.9. The van der Waals surface area contributed by atoms with Crippen LogP contribution in [0.3, 0.4) is 0 Å². The number of benzene rings is 2. The number of sulfonamides is 1. The number of nitrogens with zero attached hydrogens (tertiary/aromatic N) is 2. The molecule has 0 bridgehead atoms. The third-order valence-corrected chi connectivity index (χ3v) is 6.72. The second-order valence-electron chi connectivity index (χ2n) is 8.91. The normalized spacial score (nSPS) is 12.1. The summed E-state index contributed by atoms with van der Waals surface area (Å²) in [6.07, 6.45) is 1.40. The van der Waals surface area contributed by atoms with Crippen LogP contribution in [0.15, 0.2) is 48.5 Å². The van der Waals surface area contributed by atoms with Gasteiger partial charge in [-0.15, -0.1) is 0 Å². The molecule has 2 aromatic rings. The van der Waals surface area contributed by atoms with Crippen molar-refractivity contribution in [3.05, 3.63) is 54.1 Å². The highest BCUT2D eigenvalue weighted by Crippen LogP contribution is 2.24. The van der Waals surface area contributed by atoms with Crippen LogP contribution in [-0.4, -0.2) is 64.7 Å². The first-order valence-corrected chi connectivity index (χ1v) is 13.7. The van der Waals surface area contributed by atoms with Crippen LogP contribution in [0.2, 0.25) is 0 Å². The van der Waals surface area contributed by atoms with E-state index in [0.717, 1.165) is 16.1 Å². The molecule has 2 amide bonds. The lowest BCUT2D eigenvalue weighted by molar-refractivity contribution is -0.140. The highest BCUT2D eigenvalue weighted by atomic mass is 32.2. The van der Waals surface area contributed by atoms with Gasteiger partial charge in [-0.2, -0.15) is 0 Å². The molecule has 2 aromatic carbocycles. The van der Waals surface area contributed by atoms with Crippen molar-refractivity contribution in [3.8, 4) is 11.5 Å². The Kier molecular flexibility index (Phi) is 10.6. The Labute approximate surface area is 214 Å². The van der Waals surface area contributed by atoms with Crippen molar-refractivity contribution in [1.82, 2.24) is 10.2 Å². The fourth-order valence-corrected chi connectivity index (χ4v) is 4.53. The number of amides is 2. The number of ether oxygens (including phenoxy) is 2. The van der Waals surface area contributed by atoms with Crippen LogP contribution in [0.4, 0.5) is 5.69 Å². The lowest BCUT2D eigenvalue weighted by Gasteiger charge is -2.33. The van der Waals surface area contributed by atoms with E-state index in [2.05, 4.69) is 5.32 Å². The molecule has 0 radical (unpaired) electrons. The Balaban J connectivity index is 2.45. The number of hydrogen-bond donors (Lipinski definition) is 1. The molecule has 0 saturated carbocycles. The maximum absolute atomic E-state index is 13.7. The Bertz CT molecular complexity index is 1140. The van der Waals surface area contributed by atoms with Gasteiger partial charge in [0.2, 0.25) is 21.8 Å². The second-order valence-corrected chi connectivity index (χ2v) is 10.8. The SMILES string of the molecule is CC[C@H](C(=O)NCC(C)C)N(Cc1cccc(OC)c1)C(=O)CN(c1cccc(OC)c1)S(C)(=O)=O. The molecule has 10 heteroatoms. The van der Waals surface area contributed by atoms with E-state index in [9.17, 15) is 18.0 Å². The molecular formula is C26H37N3O6S. The molecule has 0 heterocycles. The Hall–Kier alpha value is -3.27. The molecule has 0 saturated heterocycles. The molecule has 1 N–H and O–H groups in total. The number of anilines is 1. The van der Waals surface area contributed by atoms with Gasteiger partial charge in [-0.3, -0.25) is 13.9 Å². The van der Waals surface area contributed by atoms with Gasteiger partial charge in [0, 0.05) is 19.2 Å². The van der Waals surface area contributed by atoms with Crippen molar-refractivity contribution in [1.29, 1.82) is 0 Å². The number of nitrogens with one attached hydrogen (secondary N) is 1. The highest BCUT2D eigenvalue weighted by molar-refractivity contribution is 7.92. The Morgan fingerprint density at radius 2 is 1.61 bits per heavy atom. The molecule has 0 unspecified atom stereocenters. The molecule has 0 aliphatic rings. The fourth-order valence-electron chi connectivity index (χ4n) is 3.69. The summed E-state index contributed by atoms with van der Waals surface area (Å²) in [4.78, 5) is 28.2. The van der Waals surface area contributed by atoms with E-state index in [0.29, 0.717) is 30.2 Å². The number of methoxy groups -OCH3 is 2. The molecule has 0 fully saturated rings. The molecule has 36 heavy (non-hydrogen) atoms. The standard InChI is InChI=1S/C26H37N3O6S/c1-7-24(26(31)27-16-19(2)3)28(17-20-10-8-12-22(14-20)34-4)25(30)18-29(36(6,32)33)21-11-9-13-23(15-21)35-5/h8-15,19,24H,7,16-18H2,1-6H3,(H,27,31)/t24-/m1/s1. The third kappa shape index (κ3) is 8.15. The van der Waals surface area contributed by atoms with Gasteiger partial charge in [-0.1, -0.05) is 39.0 Å². The highest BCUT2D eigenvalue weighted by Gasteiger charge is 2.32. The van der Waals surface area contributed by atoms with E-state index < -0.39 is 28.5 Å². The molecular weight excluding hydrogens is 482 g/mol. The lowest BCUT2D eigenvalue weighted by atomic mass is 10.1. The maximum atomic E-state index is 13.7. The second kappa shape index (κ2) is 13.2. The summed E-state index contributed by atoms with van der Waals surface area (Å²) in [6.45, 7) is 5.90. The quantitative estimate of drug-likeness (QED) is 0.436. The smallest absolute Gasteiger partial charge is 0.244 e. The van der Waals surface area contributed by atoms with Crippen LogP contribution >= 0.6 is 0 Å². The minimum absolute atomic E-state index is 0.110. The van der Waals surface area contributed by atoms with Crippen LogP contribution in [0.5, 0.6) is 11.5 Å². The average Bonchev–Trinajstić information content (AvgIpc) is 2.85. The summed E-state index contributed by atoms with van der Waals surface area (Å²) in [5.74, 6) is 0.530. The van der Waals surface area contributed by atoms with Gasteiger partial charge in [0.15, 0.2) is 0 Å². The predicted octanol–water partition coefficient (Wildman–Crippen LogP) is 3.05. The van der Waals surface area contributed by atoms with E-state index in [1.807, 2.05) is 26.8 Å². The summed E-state index contributed by atoms with van der Waals surface area (Å²) in [5, 5.41) is 2.90. The van der Waals surface area contributed by atoms with Gasteiger partial charge in [-0.05, 0) is 42.2 Å².